The summed E-state index contributed by atoms with van der Waals surface area (Å²) in [6.07, 6.45) is 1.66. The van der Waals surface area contributed by atoms with E-state index in [0.29, 0.717) is 30.7 Å². The third-order valence-electron chi connectivity index (χ3n) is 1.96. The van der Waals surface area contributed by atoms with Crippen LogP contribution in [0.1, 0.15) is 26.3 Å². The van der Waals surface area contributed by atoms with Crippen molar-refractivity contribution in [1.82, 2.24) is 4.98 Å². The van der Waals surface area contributed by atoms with E-state index in [2.05, 4.69) is 4.98 Å². The Morgan fingerprint density at radius 2 is 2.06 bits per heavy atom. The summed E-state index contributed by atoms with van der Waals surface area (Å²) in [5, 5.41) is 0.476. The molecule has 2 N–H and O–H groups in total. The lowest BCUT2D eigenvalue weighted by Crippen LogP contribution is -2.22. The number of halogens is 1. The van der Waals surface area contributed by atoms with Gasteiger partial charge in [-0.05, 0) is 32.4 Å². The van der Waals surface area contributed by atoms with Crippen molar-refractivity contribution >= 4 is 11.6 Å². The molecule has 0 radical (unpaired) electrons. The lowest BCUT2D eigenvalue weighted by molar-refractivity contribution is -0.0167. The molecule has 0 aliphatic heterocycles. The maximum Gasteiger partial charge on any atom is 0.232 e. The molecule has 0 unspecified atom stereocenters. The molecule has 96 valence electrons. The molecule has 0 bridgehead atoms. The average Bonchev–Trinajstić information content (AvgIpc) is 2.24. The Bertz CT molecular complexity index is 364. The van der Waals surface area contributed by atoms with Crippen LogP contribution in [0.4, 0.5) is 0 Å². The Hall–Kier alpha value is -0.840. The van der Waals surface area contributed by atoms with Gasteiger partial charge >= 0.3 is 0 Å². The van der Waals surface area contributed by atoms with Gasteiger partial charge in [-0.1, -0.05) is 11.6 Å². The topological polar surface area (TPSA) is 57.4 Å². The van der Waals surface area contributed by atoms with E-state index in [1.54, 1.807) is 12.3 Å². The Balaban J connectivity index is 2.42. The molecule has 5 heteroatoms. The number of rotatable bonds is 5. The SMILES string of the molecule is CC(C)(C)OCCOc1ncc(CN)cc1Cl. The molecule has 0 saturated carbocycles. The Morgan fingerprint density at radius 1 is 1.35 bits per heavy atom. The second kappa shape index (κ2) is 6.19. The van der Waals surface area contributed by atoms with Crippen molar-refractivity contribution < 1.29 is 9.47 Å². The first kappa shape index (κ1) is 14.2. The lowest BCUT2D eigenvalue weighted by Gasteiger charge is -2.19. The summed E-state index contributed by atoms with van der Waals surface area (Å²) in [7, 11) is 0. The number of nitrogens with zero attached hydrogens (tertiary/aromatic N) is 1. The zero-order chi connectivity index (χ0) is 12.9. The number of ether oxygens (including phenoxy) is 2. The van der Waals surface area contributed by atoms with E-state index >= 15 is 0 Å². The van der Waals surface area contributed by atoms with Crippen molar-refractivity contribution in [3.8, 4) is 5.88 Å². The van der Waals surface area contributed by atoms with Crippen LogP contribution in [0.15, 0.2) is 12.3 Å². The summed E-state index contributed by atoms with van der Waals surface area (Å²) in [6.45, 7) is 7.32. The van der Waals surface area contributed by atoms with Crippen LogP contribution in [-0.4, -0.2) is 23.8 Å². The molecule has 0 aromatic carbocycles. The summed E-state index contributed by atoms with van der Waals surface area (Å²) in [4.78, 5) is 4.09. The predicted octanol–water partition coefficient (Wildman–Crippen LogP) is 2.39. The number of nitrogens with two attached hydrogens (primary N) is 1. The number of hydrogen-bond donors (Lipinski definition) is 1. The van der Waals surface area contributed by atoms with E-state index in [1.807, 2.05) is 20.8 Å². The highest BCUT2D eigenvalue weighted by Gasteiger charge is 2.10. The number of pyridine rings is 1. The average molecular weight is 259 g/mol. The first-order valence-electron chi connectivity index (χ1n) is 5.53. The number of aromatic nitrogens is 1. The van der Waals surface area contributed by atoms with E-state index in [0.717, 1.165) is 5.56 Å². The van der Waals surface area contributed by atoms with Crippen LogP contribution in [0.2, 0.25) is 5.02 Å². The molecule has 0 aliphatic carbocycles. The van der Waals surface area contributed by atoms with Crippen LogP contribution in [0, 0.1) is 0 Å². The van der Waals surface area contributed by atoms with Gasteiger partial charge in [0.2, 0.25) is 5.88 Å². The smallest absolute Gasteiger partial charge is 0.232 e. The van der Waals surface area contributed by atoms with Gasteiger partial charge in [-0.2, -0.15) is 0 Å². The first-order valence-corrected chi connectivity index (χ1v) is 5.91. The fourth-order valence-electron chi connectivity index (χ4n) is 1.17. The minimum atomic E-state index is -0.163. The molecule has 0 atom stereocenters. The van der Waals surface area contributed by atoms with Crippen molar-refractivity contribution in [1.29, 1.82) is 0 Å². The van der Waals surface area contributed by atoms with E-state index in [1.165, 1.54) is 0 Å². The summed E-state index contributed by atoms with van der Waals surface area (Å²) in [6, 6.07) is 1.76. The molecule has 1 heterocycles. The molecule has 17 heavy (non-hydrogen) atoms. The minimum Gasteiger partial charge on any atom is -0.474 e. The van der Waals surface area contributed by atoms with Crippen molar-refractivity contribution in [2.75, 3.05) is 13.2 Å². The van der Waals surface area contributed by atoms with Gasteiger partial charge in [0.15, 0.2) is 0 Å². The highest BCUT2D eigenvalue weighted by molar-refractivity contribution is 6.31. The monoisotopic (exact) mass is 258 g/mol. The van der Waals surface area contributed by atoms with Crippen LogP contribution in [-0.2, 0) is 11.3 Å². The van der Waals surface area contributed by atoms with Crippen LogP contribution < -0.4 is 10.5 Å². The fraction of sp³-hybridized carbons (Fsp3) is 0.583. The van der Waals surface area contributed by atoms with Gasteiger partial charge in [-0.25, -0.2) is 4.98 Å². The van der Waals surface area contributed by atoms with Gasteiger partial charge in [0.1, 0.15) is 11.6 Å². The summed E-state index contributed by atoms with van der Waals surface area (Å²) in [5.74, 6) is 0.418. The van der Waals surface area contributed by atoms with Gasteiger partial charge < -0.3 is 15.2 Å². The van der Waals surface area contributed by atoms with Gasteiger partial charge in [0.25, 0.3) is 0 Å². The van der Waals surface area contributed by atoms with E-state index < -0.39 is 0 Å². The van der Waals surface area contributed by atoms with E-state index in [-0.39, 0.29) is 5.60 Å². The molecule has 4 nitrogen and oxygen atoms in total. The molecule has 1 rings (SSSR count). The molecule has 0 fully saturated rings. The molecular weight excluding hydrogens is 240 g/mol. The third-order valence-corrected chi connectivity index (χ3v) is 2.23. The Kier molecular flexibility index (Phi) is 5.18. The van der Waals surface area contributed by atoms with Gasteiger partial charge in [-0.3, -0.25) is 0 Å². The maximum atomic E-state index is 5.99. The molecule has 1 aromatic heterocycles. The highest BCUT2D eigenvalue weighted by atomic mass is 35.5. The summed E-state index contributed by atoms with van der Waals surface area (Å²) < 4.78 is 10.9. The van der Waals surface area contributed by atoms with Crippen LogP contribution >= 0.6 is 11.6 Å². The summed E-state index contributed by atoms with van der Waals surface area (Å²) >= 11 is 5.99. The molecule has 1 aromatic rings. The number of hydrogen-bond acceptors (Lipinski definition) is 4. The standard InChI is InChI=1S/C12H19ClN2O2/c1-12(2,3)17-5-4-16-11-10(13)6-9(7-14)8-15-11/h6,8H,4-5,7,14H2,1-3H3. The fourth-order valence-corrected chi connectivity index (χ4v) is 1.41. The zero-order valence-electron chi connectivity index (χ0n) is 10.5. The molecule has 0 amide bonds. The quantitative estimate of drug-likeness (QED) is 0.824. The normalized spacial score (nSPS) is 11.6. The minimum absolute atomic E-state index is 0.163. The largest absolute Gasteiger partial charge is 0.474 e. The van der Waals surface area contributed by atoms with Crippen LogP contribution in [0.25, 0.3) is 0 Å². The highest BCUT2D eigenvalue weighted by Crippen LogP contribution is 2.22. The Labute approximate surface area is 107 Å². The molecular formula is C12H19ClN2O2. The zero-order valence-corrected chi connectivity index (χ0v) is 11.3. The molecule has 0 saturated heterocycles. The van der Waals surface area contributed by atoms with Gasteiger partial charge in [0.05, 0.1) is 12.2 Å². The maximum absolute atomic E-state index is 5.99. The lowest BCUT2D eigenvalue weighted by atomic mass is 10.2. The summed E-state index contributed by atoms with van der Waals surface area (Å²) in [5.41, 5.74) is 6.20. The van der Waals surface area contributed by atoms with Crippen molar-refractivity contribution in [2.24, 2.45) is 5.73 Å². The van der Waals surface area contributed by atoms with E-state index in [4.69, 9.17) is 26.8 Å². The third kappa shape index (κ3) is 5.35. The van der Waals surface area contributed by atoms with Gasteiger partial charge in [-0.15, -0.1) is 0 Å². The molecule has 0 spiro atoms. The Morgan fingerprint density at radius 3 is 2.59 bits per heavy atom. The van der Waals surface area contributed by atoms with Crippen molar-refractivity contribution in [3.05, 3.63) is 22.8 Å². The van der Waals surface area contributed by atoms with Gasteiger partial charge in [0, 0.05) is 12.7 Å². The predicted molar refractivity (Wildman–Crippen MR) is 68.3 cm³/mol. The van der Waals surface area contributed by atoms with E-state index in [9.17, 15) is 0 Å². The van der Waals surface area contributed by atoms with Crippen molar-refractivity contribution in [3.63, 3.8) is 0 Å². The first-order chi connectivity index (χ1) is 7.92. The second-order valence-electron chi connectivity index (χ2n) is 4.64. The van der Waals surface area contributed by atoms with Crippen LogP contribution in [0.3, 0.4) is 0 Å². The second-order valence-corrected chi connectivity index (χ2v) is 5.05. The van der Waals surface area contributed by atoms with Crippen LogP contribution in [0.5, 0.6) is 5.88 Å². The van der Waals surface area contributed by atoms with Crippen molar-refractivity contribution in [2.45, 2.75) is 32.9 Å². The molecule has 0 aliphatic rings.